The maximum atomic E-state index is 13.4. The molecule has 5 heteroatoms. The Morgan fingerprint density at radius 1 is 1.29 bits per heavy atom. The number of hydrogen-bond donors (Lipinski definition) is 1. The lowest BCUT2D eigenvalue weighted by Gasteiger charge is -2.12. The highest BCUT2D eigenvalue weighted by Crippen LogP contribution is 2.21. The average molecular weight is 353 g/mol. The minimum absolute atomic E-state index is 0.250. The van der Waals surface area contributed by atoms with Gasteiger partial charge in [-0.15, -0.1) is 0 Å². The van der Waals surface area contributed by atoms with Gasteiger partial charge in [0.2, 0.25) is 0 Å². The average Bonchev–Trinajstić information content (AvgIpc) is 2.47. The normalized spacial score (nSPS) is 10.6. The van der Waals surface area contributed by atoms with E-state index >= 15 is 0 Å². The van der Waals surface area contributed by atoms with Gasteiger partial charge in [-0.25, -0.2) is 4.39 Å². The number of halogens is 2. The van der Waals surface area contributed by atoms with Gasteiger partial charge in [-0.1, -0.05) is 6.92 Å². The zero-order chi connectivity index (χ0) is 15.1. The predicted octanol–water partition coefficient (Wildman–Crippen LogP) is 4.06. The number of pyridine rings is 1. The van der Waals surface area contributed by atoms with E-state index in [1.807, 2.05) is 6.07 Å². The van der Waals surface area contributed by atoms with Crippen molar-refractivity contribution in [3.63, 3.8) is 0 Å². The van der Waals surface area contributed by atoms with Gasteiger partial charge in [-0.2, -0.15) is 0 Å². The Labute approximate surface area is 132 Å². The standard InChI is InChI=1S/C16H18BrFN2O/c1-2-5-19-9-13-7-15(18)3-4-16(13)21-11-12-6-14(17)10-20-8-12/h3-4,6-8,10,19H,2,5,9,11H2,1H3. The monoisotopic (exact) mass is 352 g/mol. The Kier molecular flexibility index (Phi) is 6.14. The second-order valence-electron chi connectivity index (χ2n) is 4.73. The molecular weight excluding hydrogens is 335 g/mol. The smallest absolute Gasteiger partial charge is 0.124 e. The molecule has 1 aromatic carbocycles. The van der Waals surface area contributed by atoms with E-state index in [2.05, 4.69) is 33.2 Å². The Morgan fingerprint density at radius 3 is 2.90 bits per heavy atom. The topological polar surface area (TPSA) is 34.1 Å². The van der Waals surface area contributed by atoms with Gasteiger partial charge in [-0.3, -0.25) is 4.98 Å². The summed E-state index contributed by atoms with van der Waals surface area (Å²) in [5, 5.41) is 3.26. The minimum Gasteiger partial charge on any atom is -0.489 e. The largest absolute Gasteiger partial charge is 0.489 e. The molecule has 1 N–H and O–H groups in total. The fourth-order valence-electron chi connectivity index (χ4n) is 1.92. The van der Waals surface area contributed by atoms with E-state index in [1.165, 1.54) is 12.1 Å². The van der Waals surface area contributed by atoms with Gasteiger partial charge in [0, 0.05) is 34.5 Å². The molecule has 21 heavy (non-hydrogen) atoms. The van der Waals surface area contributed by atoms with Crippen molar-refractivity contribution >= 4 is 15.9 Å². The quantitative estimate of drug-likeness (QED) is 0.763. The first-order valence-electron chi connectivity index (χ1n) is 6.90. The first kappa shape index (κ1) is 15.9. The number of aromatic nitrogens is 1. The fraction of sp³-hybridized carbons (Fsp3) is 0.312. The molecule has 2 aromatic rings. The van der Waals surface area contributed by atoms with Crippen molar-refractivity contribution in [2.45, 2.75) is 26.5 Å². The zero-order valence-electron chi connectivity index (χ0n) is 11.9. The molecule has 112 valence electrons. The van der Waals surface area contributed by atoms with Crippen LogP contribution in [-0.4, -0.2) is 11.5 Å². The first-order valence-corrected chi connectivity index (χ1v) is 7.69. The number of nitrogens with one attached hydrogen (secondary N) is 1. The number of ether oxygens (including phenoxy) is 1. The number of nitrogens with zero attached hydrogens (tertiary/aromatic N) is 1. The molecule has 0 aliphatic heterocycles. The Balaban J connectivity index is 2.04. The molecular formula is C16H18BrFN2O. The summed E-state index contributed by atoms with van der Waals surface area (Å²) in [6, 6.07) is 6.55. The summed E-state index contributed by atoms with van der Waals surface area (Å²) < 4.78 is 20.1. The summed E-state index contributed by atoms with van der Waals surface area (Å²) in [5.74, 6) is 0.444. The van der Waals surface area contributed by atoms with Crippen LogP contribution in [0.5, 0.6) is 5.75 Å². The summed E-state index contributed by atoms with van der Waals surface area (Å²) in [6.07, 6.45) is 4.51. The van der Waals surface area contributed by atoms with Crippen LogP contribution in [0.15, 0.2) is 41.1 Å². The van der Waals surface area contributed by atoms with Crippen LogP contribution in [0.3, 0.4) is 0 Å². The van der Waals surface area contributed by atoms with Crippen molar-refractivity contribution < 1.29 is 9.13 Å². The molecule has 0 saturated carbocycles. The molecule has 0 aliphatic carbocycles. The van der Waals surface area contributed by atoms with E-state index in [0.29, 0.717) is 18.9 Å². The molecule has 0 fully saturated rings. The Morgan fingerprint density at radius 2 is 2.14 bits per heavy atom. The Hall–Kier alpha value is -1.46. The molecule has 0 saturated heterocycles. The minimum atomic E-state index is -0.250. The number of rotatable bonds is 7. The van der Waals surface area contributed by atoms with Crippen molar-refractivity contribution in [2.24, 2.45) is 0 Å². The van der Waals surface area contributed by atoms with Crippen molar-refractivity contribution in [1.82, 2.24) is 10.3 Å². The van der Waals surface area contributed by atoms with Gasteiger partial charge in [0.15, 0.2) is 0 Å². The molecule has 2 rings (SSSR count). The molecule has 0 atom stereocenters. The fourth-order valence-corrected chi connectivity index (χ4v) is 2.33. The first-order chi connectivity index (χ1) is 10.2. The second-order valence-corrected chi connectivity index (χ2v) is 5.64. The van der Waals surface area contributed by atoms with E-state index in [1.54, 1.807) is 18.5 Å². The van der Waals surface area contributed by atoms with Crippen LogP contribution in [0, 0.1) is 5.82 Å². The summed E-state index contributed by atoms with van der Waals surface area (Å²) in [5.41, 5.74) is 1.78. The lowest BCUT2D eigenvalue weighted by molar-refractivity contribution is 0.301. The molecule has 1 heterocycles. The van der Waals surface area contributed by atoms with Crippen LogP contribution >= 0.6 is 15.9 Å². The van der Waals surface area contributed by atoms with Crippen molar-refractivity contribution in [2.75, 3.05) is 6.54 Å². The predicted molar refractivity (Wildman–Crippen MR) is 84.7 cm³/mol. The van der Waals surface area contributed by atoms with Crippen molar-refractivity contribution in [3.05, 3.63) is 58.1 Å². The van der Waals surface area contributed by atoms with Crippen LogP contribution in [0.4, 0.5) is 4.39 Å². The lowest BCUT2D eigenvalue weighted by atomic mass is 10.2. The molecule has 0 spiro atoms. The maximum absolute atomic E-state index is 13.4. The van der Waals surface area contributed by atoms with Crippen LogP contribution in [0.25, 0.3) is 0 Å². The third-order valence-corrected chi connectivity index (χ3v) is 3.35. The highest BCUT2D eigenvalue weighted by Gasteiger charge is 2.06. The van der Waals surface area contributed by atoms with Crippen molar-refractivity contribution in [3.8, 4) is 5.75 Å². The van der Waals surface area contributed by atoms with Gasteiger partial charge >= 0.3 is 0 Å². The molecule has 0 bridgehead atoms. The molecule has 1 aromatic heterocycles. The van der Waals surface area contributed by atoms with E-state index < -0.39 is 0 Å². The second kappa shape index (κ2) is 8.10. The molecule has 0 amide bonds. The van der Waals surface area contributed by atoms with Crippen LogP contribution in [0.2, 0.25) is 0 Å². The molecule has 3 nitrogen and oxygen atoms in total. The summed E-state index contributed by atoms with van der Waals surface area (Å²) in [6.45, 7) is 3.98. The van der Waals surface area contributed by atoms with E-state index in [4.69, 9.17) is 4.74 Å². The third-order valence-electron chi connectivity index (χ3n) is 2.92. The Bertz CT molecular complexity index is 592. The van der Waals surface area contributed by atoms with Gasteiger partial charge < -0.3 is 10.1 Å². The van der Waals surface area contributed by atoms with Crippen LogP contribution in [0.1, 0.15) is 24.5 Å². The van der Waals surface area contributed by atoms with Gasteiger partial charge in [0.25, 0.3) is 0 Å². The number of benzene rings is 1. The summed E-state index contributed by atoms with van der Waals surface area (Å²) in [7, 11) is 0. The van der Waals surface area contributed by atoms with E-state index in [9.17, 15) is 4.39 Å². The van der Waals surface area contributed by atoms with Gasteiger partial charge in [-0.05, 0) is 53.2 Å². The SMILES string of the molecule is CCCNCc1cc(F)ccc1OCc1cncc(Br)c1. The maximum Gasteiger partial charge on any atom is 0.124 e. The van der Waals surface area contributed by atoms with Crippen LogP contribution in [-0.2, 0) is 13.2 Å². The highest BCUT2D eigenvalue weighted by atomic mass is 79.9. The van der Waals surface area contributed by atoms with E-state index in [-0.39, 0.29) is 5.82 Å². The summed E-state index contributed by atoms with van der Waals surface area (Å²) in [4.78, 5) is 4.09. The molecule has 0 unspecified atom stereocenters. The molecule has 0 radical (unpaired) electrons. The highest BCUT2D eigenvalue weighted by molar-refractivity contribution is 9.10. The van der Waals surface area contributed by atoms with Gasteiger partial charge in [0.1, 0.15) is 18.2 Å². The molecule has 0 aliphatic rings. The van der Waals surface area contributed by atoms with Crippen molar-refractivity contribution in [1.29, 1.82) is 0 Å². The lowest BCUT2D eigenvalue weighted by Crippen LogP contribution is -2.15. The zero-order valence-corrected chi connectivity index (χ0v) is 13.5. The summed E-state index contributed by atoms with van der Waals surface area (Å²) >= 11 is 3.38. The van der Waals surface area contributed by atoms with E-state index in [0.717, 1.165) is 28.6 Å². The van der Waals surface area contributed by atoms with Crippen LogP contribution < -0.4 is 10.1 Å². The third kappa shape index (κ3) is 5.10. The number of hydrogen-bond acceptors (Lipinski definition) is 3. The van der Waals surface area contributed by atoms with Gasteiger partial charge in [0.05, 0.1) is 0 Å².